The summed E-state index contributed by atoms with van der Waals surface area (Å²) in [5, 5.41) is 13.0. The molecule has 0 saturated heterocycles. The van der Waals surface area contributed by atoms with E-state index in [1.807, 2.05) is 6.07 Å². The molecule has 0 saturated carbocycles. The van der Waals surface area contributed by atoms with Gasteiger partial charge in [0.15, 0.2) is 5.69 Å². The zero-order valence-corrected chi connectivity index (χ0v) is 19.1. The average Bonchev–Trinajstić information content (AvgIpc) is 3.54. The number of rotatable bonds is 5. The number of hydrogen-bond acceptors (Lipinski definition) is 5. The van der Waals surface area contributed by atoms with E-state index in [1.54, 1.807) is 48.3 Å². The second-order valence-electron chi connectivity index (χ2n) is 7.91. The van der Waals surface area contributed by atoms with E-state index < -0.39 is 17.2 Å². The van der Waals surface area contributed by atoms with Crippen LogP contribution in [0.4, 0.5) is 13.2 Å². The number of benzene rings is 2. The third kappa shape index (κ3) is 4.26. The molecule has 8 nitrogen and oxygen atoms in total. The monoisotopic (exact) mass is 492 g/mol. The van der Waals surface area contributed by atoms with Gasteiger partial charge in [-0.3, -0.25) is 4.79 Å². The van der Waals surface area contributed by atoms with Crippen LogP contribution in [0, 0.1) is 6.92 Å². The molecule has 0 N–H and O–H groups in total. The fraction of sp³-hybridized carbons (Fsp3) is 0.120. The molecule has 2 aromatic carbocycles. The SMILES string of the molecule is COc1cc(-n2cccn2)ccc1-n1ccc(=O)c(-c2cc(C)nn2-c2cccc(C(F)(F)F)c2)n1. The van der Waals surface area contributed by atoms with E-state index in [1.165, 1.54) is 40.9 Å². The summed E-state index contributed by atoms with van der Waals surface area (Å²) in [7, 11) is 1.52. The summed E-state index contributed by atoms with van der Waals surface area (Å²) in [5.74, 6) is 0.479. The Hall–Kier alpha value is -4.67. The van der Waals surface area contributed by atoms with Gasteiger partial charge in [0.25, 0.3) is 0 Å². The van der Waals surface area contributed by atoms with Crippen LogP contribution in [-0.2, 0) is 6.18 Å². The number of aromatic nitrogens is 6. The van der Waals surface area contributed by atoms with Crippen molar-refractivity contribution in [1.29, 1.82) is 0 Å². The average molecular weight is 492 g/mol. The Bertz CT molecular complexity index is 1600. The van der Waals surface area contributed by atoms with E-state index in [2.05, 4.69) is 15.3 Å². The van der Waals surface area contributed by atoms with Crippen LogP contribution >= 0.6 is 0 Å². The van der Waals surface area contributed by atoms with Gasteiger partial charge in [-0.25, -0.2) is 14.0 Å². The third-order valence-corrected chi connectivity index (χ3v) is 5.48. The lowest BCUT2D eigenvalue weighted by Gasteiger charge is -2.14. The Balaban J connectivity index is 1.62. The zero-order valence-electron chi connectivity index (χ0n) is 19.1. The van der Waals surface area contributed by atoms with E-state index in [9.17, 15) is 18.0 Å². The van der Waals surface area contributed by atoms with E-state index in [-0.39, 0.29) is 17.1 Å². The summed E-state index contributed by atoms with van der Waals surface area (Å²) in [6.45, 7) is 1.69. The summed E-state index contributed by atoms with van der Waals surface area (Å²) >= 11 is 0. The third-order valence-electron chi connectivity index (χ3n) is 5.48. The van der Waals surface area contributed by atoms with Gasteiger partial charge in [-0.2, -0.15) is 28.5 Å². The van der Waals surface area contributed by atoms with Crippen LogP contribution in [-0.4, -0.2) is 36.5 Å². The highest BCUT2D eigenvalue weighted by Gasteiger charge is 2.31. The number of alkyl halides is 3. The maximum Gasteiger partial charge on any atom is 0.416 e. The number of halogens is 3. The molecule has 0 unspecified atom stereocenters. The minimum absolute atomic E-state index is 0.0220. The number of nitrogens with zero attached hydrogens (tertiary/aromatic N) is 6. The van der Waals surface area contributed by atoms with E-state index in [4.69, 9.17) is 4.74 Å². The first-order valence-electron chi connectivity index (χ1n) is 10.8. The van der Waals surface area contributed by atoms with Gasteiger partial charge >= 0.3 is 6.18 Å². The van der Waals surface area contributed by atoms with Gasteiger partial charge in [-0.05, 0) is 49.4 Å². The quantitative estimate of drug-likeness (QED) is 0.358. The predicted octanol–water partition coefficient (Wildman–Crippen LogP) is 4.61. The molecule has 0 aliphatic carbocycles. The number of methoxy groups -OCH3 is 1. The van der Waals surface area contributed by atoms with Crippen LogP contribution < -0.4 is 10.2 Å². The molecular formula is C25H19F3N6O2. The Morgan fingerprint density at radius 2 is 1.72 bits per heavy atom. The van der Waals surface area contributed by atoms with Gasteiger partial charge < -0.3 is 4.74 Å². The lowest BCUT2D eigenvalue weighted by Crippen LogP contribution is -2.15. The summed E-state index contributed by atoms with van der Waals surface area (Å²) in [6.07, 6.45) is 0.428. The number of ether oxygens (including phenoxy) is 1. The van der Waals surface area contributed by atoms with Crippen LogP contribution in [0.1, 0.15) is 11.3 Å². The molecular weight excluding hydrogens is 473 g/mol. The topological polar surface area (TPSA) is 79.8 Å². The first kappa shape index (κ1) is 23.1. The summed E-state index contributed by atoms with van der Waals surface area (Å²) in [4.78, 5) is 12.8. The molecule has 36 heavy (non-hydrogen) atoms. The molecule has 0 fully saturated rings. The molecule has 182 valence electrons. The van der Waals surface area contributed by atoms with Crippen LogP contribution in [0.3, 0.4) is 0 Å². The van der Waals surface area contributed by atoms with Crippen molar-refractivity contribution < 1.29 is 17.9 Å². The van der Waals surface area contributed by atoms with Crippen molar-refractivity contribution in [2.75, 3.05) is 7.11 Å². The fourth-order valence-electron chi connectivity index (χ4n) is 3.82. The summed E-state index contributed by atoms with van der Waals surface area (Å²) in [5.41, 5.74) is 1.04. The van der Waals surface area contributed by atoms with Crippen molar-refractivity contribution in [1.82, 2.24) is 29.3 Å². The Labute approximate surface area is 202 Å². The van der Waals surface area contributed by atoms with Crippen molar-refractivity contribution in [2.45, 2.75) is 13.1 Å². The molecule has 3 aromatic heterocycles. The van der Waals surface area contributed by atoms with Gasteiger partial charge in [0.05, 0.1) is 35.4 Å². The molecule has 0 bridgehead atoms. The van der Waals surface area contributed by atoms with Gasteiger partial charge in [0.1, 0.15) is 11.4 Å². The molecule has 0 atom stereocenters. The molecule has 0 amide bonds. The molecule has 0 spiro atoms. The van der Waals surface area contributed by atoms with Crippen LogP contribution in [0.15, 0.2) is 84.0 Å². The normalized spacial score (nSPS) is 11.6. The minimum Gasteiger partial charge on any atom is -0.494 e. The first-order valence-corrected chi connectivity index (χ1v) is 10.8. The highest BCUT2D eigenvalue weighted by atomic mass is 19.4. The van der Waals surface area contributed by atoms with E-state index in [0.29, 0.717) is 17.1 Å². The fourth-order valence-corrected chi connectivity index (χ4v) is 3.82. The zero-order chi connectivity index (χ0) is 25.4. The lowest BCUT2D eigenvalue weighted by atomic mass is 10.2. The maximum atomic E-state index is 13.3. The van der Waals surface area contributed by atoms with Gasteiger partial charge in [-0.15, -0.1) is 0 Å². The molecule has 0 radical (unpaired) electrons. The van der Waals surface area contributed by atoms with Crippen molar-refractivity contribution in [2.24, 2.45) is 0 Å². The van der Waals surface area contributed by atoms with E-state index >= 15 is 0 Å². The van der Waals surface area contributed by atoms with Crippen molar-refractivity contribution in [3.63, 3.8) is 0 Å². The van der Waals surface area contributed by atoms with Crippen molar-refractivity contribution >= 4 is 0 Å². The highest BCUT2D eigenvalue weighted by Crippen LogP contribution is 2.31. The Kier molecular flexibility index (Phi) is 5.67. The molecule has 5 rings (SSSR count). The van der Waals surface area contributed by atoms with Gasteiger partial charge in [0.2, 0.25) is 5.43 Å². The number of hydrogen-bond donors (Lipinski definition) is 0. The van der Waals surface area contributed by atoms with Crippen LogP contribution in [0.25, 0.3) is 28.5 Å². The predicted molar refractivity (Wildman–Crippen MR) is 126 cm³/mol. The molecule has 5 aromatic rings. The molecule has 3 heterocycles. The summed E-state index contributed by atoms with van der Waals surface area (Å²) < 4.78 is 49.9. The minimum atomic E-state index is -4.52. The standard InChI is InChI=1S/C25H19F3N6O2/c1-16-13-21(34(30-16)19-6-3-5-17(14-19)25(26,27)28)24-22(35)9-12-33(31-24)20-8-7-18(15-23(20)36-2)32-11-4-10-29-32/h3-15H,1-2H3. The van der Waals surface area contributed by atoms with Crippen LogP contribution in [0.2, 0.25) is 0 Å². The smallest absolute Gasteiger partial charge is 0.416 e. The molecule has 0 aliphatic rings. The second kappa shape index (κ2) is 8.84. The van der Waals surface area contributed by atoms with Crippen LogP contribution in [0.5, 0.6) is 5.75 Å². The lowest BCUT2D eigenvalue weighted by molar-refractivity contribution is -0.137. The highest BCUT2D eigenvalue weighted by molar-refractivity contribution is 5.59. The van der Waals surface area contributed by atoms with Crippen molar-refractivity contribution in [3.8, 4) is 34.2 Å². The number of aryl methyl sites for hydroxylation is 1. The van der Waals surface area contributed by atoms with Gasteiger partial charge in [0, 0.05) is 30.7 Å². The second-order valence-corrected chi connectivity index (χ2v) is 7.91. The van der Waals surface area contributed by atoms with Crippen molar-refractivity contribution in [3.05, 3.63) is 101 Å². The Morgan fingerprint density at radius 3 is 2.44 bits per heavy atom. The first-order chi connectivity index (χ1) is 17.2. The largest absolute Gasteiger partial charge is 0.494 e. The molecule has 0 aliphatic heterocycles. The molecule has 11 heteroatoms. The van der Waals surface area contributed by atoms with Gasteiger partial charge in [-0.1, -0.05) is 6.07 Å². The van der Waals surface area contributed by atoms with E-state index in [0.717, 1.165) is 17.8 Å². The summed E-state index contributed by atoms with van der Waals surface area (Å²) in [6, 6.07) is 14.8. The Morgan fingerprint density at radius 1 is 0.889 bits per heavy atom. The maximum absolute atomic E-state index is 13.3.